The molecule has 0 bridgehead atoms. The number of benzene rings is 1. The van der Waals surface area contributed by atoms with Gasteiger partial charge in [-0.2, -0.15) is 0 Å². The third-order valence-corrected chi connectivity index (χ3v) is 6.68. The molecule has 0 spiro atoms. The Balaban J connectivity index is 2.06. The van der Waals surface area contributed by atoms with Crippen molar-refractivity contribution in [3.63, 3.8) is 0 Å². The molecule has 1 aromatic carbocycles. The molecule has 1 aliphatic rings. The van der Waals surface area contributed by atoms with Crippen molar-refractivity contribution >= 4 is 0 Å². The average molecular weight is 398 g/mol. The largest absolute Gasteiger partial charge is 0.496 e. The third-order valence-electron chi connectivity index (χ3n) is 6.68. The van der Waals surface area contributed by atoms with E-state index in [1.54, 1.807) is 18.7 Å². The number of aromatic nitrogens is 1. The van der Waals surface area contributed by atoms with E-state index in [1.165, 1.54) is 5.56 Å². The number of pyridine rings is 1. The molecule has 0 N–H and O–H groups in total. The van der Waals surface area contributed by atoms with Crippen LogP contribution in [-0.2, 0) is 12.6 Å². The molecule has 29 heavy (non-hydrogen) atoms. The maximum atomic E-state index is 12.1. The second-order valence-electron chi connectivity index (χ2n) is 8.27. The lowest BCUT2D eigenvalue weighted by atomic mass is 9.81. The molecule has 2 heterocycles. The topological polar surface area (TPSA) is 37.7 Å². The molecule has 0 aliphatic carbocycles. The van der Waals surface area contributed by atoms with E-state index in [0.717, 1.165) is 61.5 Å². The molecule has 5 heteroatoms. The summed E-state index contributed by atoms with van der Waals surface area (Å²) in [5.41, 5.74) is 4.14. The van der Waals surface area contributed by atoms with E-state index in [1.807, 2.05) is 19.2 Å². The van der Waals surface area contributed by atoms with Gasteiger partial charge in [0.2, 0.25) is 0 Å². The Morgan fingerprint density at radius 2 is 1.66 bits per heavy atom. The maximum absolute atomic E-state index is 12.1. The van der Waals surface area contributed by atoms with Gasteiger partial charge in [0, 0.05) is 56.1 Å². The summed E-state index contributed by atoms with van der Waals surface area (Å²) in [6.45, 7) is 10.8. The summed E-state index contributed by atoms with van der Waals surface area (Å²) in [7, 11) is 5.76. The van der Waals surface area contributed by atoms with E-state index in [2.05, 4.69) is 48.9 Å². The number of ether oxygens (including phenoxy) is 1. The van der Waals surface area contributed by atoms with Crippen molar-refractivity contribution in [3.8, 4) is 16.9 Å². The van der Waals surface area contributed by atoms with Gasteiger partial charge in [-0.15, -0.1) is 0 Å². The minimum atomic E-state index is -0.0232. The van der Waals surface area contributed by atoms with Crippen LogP contribution in [-0.4, -0.2) is 54.7 Å². The molecule has 5 nitrogen and oxygen atoms in total. The van der Waals surface area contributed by atoms with Gasteiger partial charge in [0.15, 0.2) is 0 Å². The number of piperazine rings is 1. The van der Waals surface area contributed by atoms with Gasteiger partial charge in [0.25, 0.3) is 5.56 Å². The molecule has 0 amide bonds. The zero-order valence-corrected chi connectivity index (χ0v) is 18.8. The van der Waals surface area contributed by atoms with Crippen LogP contribution in [0, 0.1) is 6.92 Å². The number of nitrogens with zero attached hydrogens (tertiary/aromatic N) is 3. The lowest BCUT2D eigenvalue weighted by molar-refractivity contribution is 0.0287. The van der Waals surface area contributed by atoms with Gasteiger partial charge in [-0.3, -0.25) is 9.69 Å². The van der Waals surface area contributed by atoms with Crippen molar-refractivity contribution < 1.29 is 4.74 Å². The highest BCUT2D eigenvalue weighted by molar-refractivity contribution is 5.66. The highest BCUT2D eigenvalue weighted by atomic mass is 16.5. The summed E-state index contributed by atoms with van der Waals surface area (Å²) in [5.74, 6) is 0.927. The van der Waals surface area contributed by atoms with Crippen molar-refractivity contribution in [2.45, 2.75) is 39.2 Å². The van der Waals surface area contributed by atoms with E-state index in [4.69, 9.17) is 4.74 Å². The number of rotatable bonds is 6. The van der Waals surface area contributed by atoms with Gasteiger partial charge in [0.1, 0.15) is 5.75 Å². The fourth-order valence-electron chi connectivity index (χ4n) is 4.77. The Kier molecular flexibility index (Phi) is 6.49. The zero-order chi connectivity index (χ0) is 21.2. The Bertz CT molecular complexity index is 881. The first kappa shape index (κ1) is 21.6. The second kappa shape index (κ2) is 8.72. The monoisotopic (exact) mass is 397 g/mol. The fourth-order valence-corrected chi connectivity index (χ4v) is 4.77. The smallest absolute Gasteiger partial charge is 0.253 e. The minimum Gasteiger partial charge on any atom is -0.496 e. The molecule has 158 valence electrons. The Hall–Kier alpha value is -2.11. The normalized spacial score (nSPS) is 16.2. The molecular formula is C24H35N3O2. The molecule has 0 atom stereocenters. The van der Waals surface area contributed by atoms with Crippen molar-refractivity contribution in [3.05, 3.63) is 51.9 Å². The molecule has 0 saturated carbocycles. The van der Waals surface area contributed by atoms with Gasteiger partial charge in [-0.05, 0) is 50.1 Å². The first-order chi connectivity index (χ1) is 13.9. The molecule has 1 fully saturated rings. The molecule has 2 aromatic rings. The van der Waals surface area contributed by atoms with Crippen molar-refractivity contribution in [1.29, 1.82) is 0 Å². The van der Waals surface area contributed by atoms with E-state index < -0.39 is 0 Å². The molecule has 1 aliphatic heterocycles. The predicted molar refractivity (Wildman–Crippen MR) is 120 cm³/mol. The fraction of sp³-hybridized carbons (Fsp3) is 0.542. The van der Waals surface area contributed by atoms with Crippen LogP contribution in [0.15, 0.2) is 35.3 Å². The van der Waals surface area contributed by atoms with Crippen LogP contribution in [0.2, 0.25) is 0 Å². The van der Waals surface area contributed by atoms with Gasteiger partial charge < -0.3 is 14.2 Å². The second-order valence-corrected chi connectivity index (χ2v) is 8.27. The highest BCUT2D eigenvalue weighted by Crippen LogP contribution is 2.42. The van der Waals surface area contributed by atoms with Crippen LogP contribution in [0.25, 0.3) is 11.1 Å². The van der Waals surface area contributed by atoms with Crippen molar-refractivity contribution in [2.75, 3.05) is 40.3 Å². The van der Waals surface area contributed by atoms with Crippen LogP contribution in [0.4, 0.5) is 0 Å². The van der Waals surface area contributed by atoms with E-state index >= 15 is 0 Å². The van der Waals surface area contributed by atoms with Gasteiger partial charge in [-0.25, -0.2) is 0 Å². The molecule has 1 aromatic heterocycles. The van der Waals surface area contributed by atoms with Crippen LogP contribution in [0.1, 0.15) is 37.8 Å². The number of methoxy groups -OCH3 is 1. The maximum Gasteiger partial charge on any atom is 0.253 e. The summed E-state index contributed by atoms with van der Waals surface area (Å²) in [6.07, 6.45) is 3.99. The predicted octanol–water partition coefficient (Wildman–Crippen LogP) is 3.63. The summed E-state index contributed by atoms with van der Waals surface area (Å²) in [4.78, 5) is 17.1. The number of hydrogen-bond donors (Lipinski definition) is 0. The molecular weight excluding hydrogens is 362 g/mol. The van der Waals surface area contributed by atoms with E-state index in [9.17, 15) is 4.79 Å². The zero-order valence-electron chi connectivity index (χ0n) is 18.8. The first-order valence-electron chi connectivity index (χ1n) is 10.7. The van der Waals surface area contributed by atoms with Crippen LogP contribution in [0.3, 0.4) is 0 Å². The summed E-state index contributed by atoms with van der Waals surface area (Å²) in [5, 5.41) is 0. The molecule has 0 unspecified atom stereocenters. The summed E-state index contributed by atoms with van der Waals surface area (Å²) in [6, 6.07) is 8.50. The summed E-state index contributed by atoms with van der Waals surface area (Å²) >= 11 is 0. The van der Waals surface area contributed by atoms with Crippen LogP contribution < -0.4 is 10.3 Å². The van der Waals surface area contributed by atoms with E-state index in [-0.39, 0.29) is 11.1 Å². The van der Waals surface area contributed by atoms with Crippen molar-refractivity contribution in [2.24, 2.45) is 7.05 Å². The Morgan fingerprint density at radius 1 is 1.00 bits per heavy atom. The minimum absolute atomic E-state index is 0.0232. The Morgan fingerprint density at radius 3 is 2.21 bits per heavy atom. The van der Waals surface area contributed by atoms with Crippen molar-refractivity contribution in [1.82, 2.24) is 14.4 Å². The number of likely N-dealkylation sites (N-methyl/N-ethyl adjacent to an activating group) is 1. The van der Waals surface area contributed by atoms with Gasteiger partial charge >= 0.3 is 0 Å². The lowest BCUT2D eigenvalue weighted by Crippen LogP contribution is -2.54. The SMILES string of the molecule is CCC(CC)(c1ccc(-c2cc(C)c(=O)n(C)c2)cc1OC)N1CCN(C)CC1. The lowest BCUT2D eigenvalue weighted by Gasteiger charge is -2.47. The van der Waals surface area contributed by atoms with E-state index in [0.29, 0.717) is 0 Å². The highest BCUT2D eigenvalue weighted by Gasteiger charge is 2.38. The molecule has 0 radical (unpaired) electrons. The number of hydrogen-bond acceptors (Lipinski definition) is 4. The van der Waals surface area contributed by atoms with Crippen LogP contribution >= 0.6 is 0 Å². The van der Waals surface area contributed by atoms with Crippen LogP contribution in [0.5, 0.6) is 5.75 Å². The third kappa shape index (κ3) is 3.99. The average Bonchev–Trinajstić information content (AvgIpc) is 2.74. The Labute approximate surface area is 174 Å². The van der Waals surface area contributed by atoms with Gasteiger partial charge in [-0.1, -0.05) is 26.0 Å². The standard InChI is InChI=1S/C24H35N3O2/c1-7-24(8-2,27-13-11-25(4)12-14-27)21-10-9-19(16-22(21)29-6)20-15-18(3)23(28)26(5)17-20/h9-10,15-17H,7-8,11-14H2,1-6H3. The summed E-state index contributed by atoms with van der Waals surface area (Å²) < 4.78 is 7.56. The quantitative estimate of drug-likeness (QED) is 0.746. The molecule has 3 rings (SSSR count). The number of aryl methyl sites for hydroxylation is 2. The molecule has 1 saturated heterocycles. The van der Waals surface area contributed by atoms with Gasteiger partial charge in [0.05, 0.1) is 7.11 Å². The first-order valence-corrected chi connectivity index (χ1v) is 10.7.